The fourth-order valence-corrected chi connectivity index (χ4v) is 2.87. The van der Waals surface area contributed by atoms with E-state index in [-0.39, 0.29) is 11.2 Å². The first-order valence-electron chi connectivity index (χ1n) is 6.74. The molecular formula is C17H16ClNO. The van der Waals surface area contributed by atoms with Crippen LogP contribution in [0.15, 0.2) is 48.5 Å². The number of anilines is 1. The molecule has 0 unspecified atom stereocenters. The van der Waals surface area contributed by atoms with E-state index in [1.165, 1.54) is 0 Å². The highest BCUT2D eigenvalue weighted by Crippen LogP contribution is 2.49. The fraction of sp³-hybridized carbons (Fsp3) is 0.235. The van der Waals surface area contributed by atoms with Crippen LogP contribution in [0.1, 0.15) is 24.0 Å². The summed E-state index contributed by atoms with van der Waals surface area (Å²) in [4.78, 5) is 12.6. The number of Topliss-reactive ketones (excluding diaryl/α,β-unsaturated/α-hetero) is 1. The third-order valence-corrected chi connectivity index (χ3v) is 4.24. The lowest BCUT2D eigenvalue weighted by Gasteiger charge is -2.15. The molecule has 0 amide bonds. The monoisotopic (exact) mass is 285 g/mol. The van der Waals surface area contributed by atoms with E-state index in [1.807, 2.05) is 48.5 Å². The number of carbonyl (C=O) groups excluding carboxylic acids is 1. The molecular weight excluding hydrogens is 270 g/mol. The standard InChI is InChI=1S/C17H16ClNO/c18-14-3-1-2-12(10-14)11-16(20)17(8-9-17)13-4-6-15(19)7-5-13/h1-7,10H,8-9,11,19H2. The van der Waals surface area contributed by atoms with E-state index in [2.05, 4.69) is 0 Å². The number of rotatable bonds is 4. The molecule has 0 atom stereocenters. The molecule has 102 valence electrons. The summed E-state index contributed by atoms with van der Waals surface area (Å²) in [6, 6.07) is 15.2. The Morgan fingerprint density at radius 3 is 2.45 bits per heavy atom. The molecule has 2 N–H and O–H groups in total. The van der Waals surface area contributed by atoms with Crippen LogP contribution in [0, 0.1) is 0 Å². The summed E-state index contributed by atoms with van der Waals surface area (Å²) >= 11 is 5.97. The summed E-state index contributed by atoms with van der Waals surface area (Å²) in [5.41, 5.74) is 8.20. The smallest absolute Gasteiger partial charge is 0.147 e. The summed E-state index contributed by atoms with van der Waals surface area (Å²) in [5, 5.41) is 0.674. The molecule has 0 heterocycles. The Labute approximate surface area is 123 Å². The molecule has 0 bridgehead atoms. The molecule has 0 radical (unpaired) electrons. The molecule has 0 saturated heterocycles. The van der Waals surface area contributed by atoms with Gasteiger partial charge >= 0.3 is 0 Å². The van der Waals surface area contributed by atoms with Gasteiger partial charge in [-0.3, -0.25) is 4.79 Å². The minimum atomic E-state index is -0.296. The molecule has 1 aliphatic rings. The van der Waals surface area contributed by atoms with E-state index >= 15 is 0 Å². The fourth-order valence-electron chi connectivity index (χ4n) is 2.66. The van der Waals surface area contributed by atoms with Crippen molar-refractivity contribution in [2.45, 2.75) is 24.7 Å². The van der Waals surface area contributed by atoms with Gasteiger partial charge in [0, 0.05) is 17.1 Å². The number of nitrogen functional groups attached to an aromatic ring is 1. The number of benzene rings is 2. The molecule has 1 fully saturated rings. The first kappa shape index (κ1) is 13.2. The normalized spacial score (nSPS) is 15.8. The first-order valence-corrected chi connectivity index (χ1v) is 7.12. The van der Waals surface area contributed by atoms with Crippen molar-refractivity contribution in [3.8, 4) is 0 Å². The average molecular weight is 286 g/mol. The molecule has 3 heteroatoms. The number of ketones is 1. The van der Waals surface area contributed by atoms with Gasteiger partial charge in [0.05, 0.1) is 5.41 Å². The van der Waals surface area contributed by atoms with Crippen molar-refractivity contribution in [3.05, 3.63) is 64.7 Å². The van der Waals surface area contributed by atoms with E-state index < -0.39 is 0 Å². The molecule has 0 aliphatic heterocycles. The lowest BCUT2D eigenvalue weighted by Crippen LogP contribution is -2.22. The van der Waals surface area contributed by atoms with Crippen molar-refractivity contribution >= 4 is 23.1 Å². The second-order valence-corrected chi connectivity index (χ2v) is 5.87. The molecule has 2 nitrogen and oxygen atoms in total. The van der Waals surface area contributed by atoms with E-state index in [0.717, 1.165) is 29.7 Å². The van der Waals surface area contributed by atoms with Gasteiger partial charge in [0.2, 0.25) is 0 Å². The molecule has 2 aromatic carbocycles. The first-order chi connectivity index (χ1) is 9.60. The van der Waals surface area contributed by atoms with E-state index in [9.17, 15) is 4.79 Å². The number of halogens is 1. The van der Waals surface area contributed by atoms with E-state index in [4.69, 9.17) is 17.3 Å². The lowest BCUT2D eigenvalue weighted by atomic mass is 9.88. The van der Waals surface area contributed by atoms with Gasteiger partial charge in [-0.15, -0.1) is 0 Å². The van der Waals surface area contributed by atoms with Crippen LogP contribution in [-0.4, -0.2) is 5.78 Å². The minimum absolute atomic E-state index is 0.268. The highest BCUT2D eigenvalue weighted by Gasteiger charge is 2.50. The Hall–Kier alpha value is -1.80. The number of nitrogens with two attached hydrogens (primary N) is 1. The van der Waals surface area contributed by atoms with E-state index in [1.54, 1.807) is 0 Å². The molecule has 3 rings (SSSR count). The topological polar surface area (TPSA) is 43.1 Å². The van der Waals surface area contributed by atoms with Crippen molar-refractivity contribution in [1.29, 1.82) is 0 Å². The summed E-state index contributed by atoms with van der Waals surface area (Å²) < 4.78 is 0. The van der Waals surface area contributed by atoms with Gasteiger partial charge in [-0.05, 0) is 48.2 Å². The molecule has 0 aromatic heterocycles. The molecule has 2 aromatic rings. The molecule has 1 saturated carbocycles. The van der Waals surface area contributed by atoms with Gasteiger partial charge in [-0.25, -0.2) is 0 Å². The molecule has 0 spiro atoms. The van der Waals surface area contributed by atoms with Crippen molar-refractivity contribution < 1.29 is 4.79 Å². The zero-order valence-corrected chi connectivity index (χ0v) is 11.9. The second-order valence-electron chi connectivity index (χ2n) is 5.43. The zero-order valence-electron chi connectivity index (χ0n) is 11.1. The quantitative estimate of drug-likeness (QED) is 0.869. The van der Waals surface area contributed by atoms with Crippen LogP contribution in [-0.2, 0) is 16.6 Å². The Balaban J connectivity index is 1.81. The summed E-state index contributed by atoms with van der Waals surface area (Å²) in [6.07, 6.45) is 2.29. The minimum Gasteiger partial charge on any atom is -0.399 e. The Morgan fingerprint density at radius 2 is 1.85 bits per heavy atom. The van der Waals surface area contributed by atoms with Crippen LogP contribution in [0.25, 0.3) is 0 Å². The number of carbonyl (C=O) groups is 1. The van der Waals surface area contributed by atoms with Gasteiger partial charge < -0.3 is 5.73 Å². The number of hydrogen-bond acceptors (Lipinski definition) is 2. The van der Waals surface area contributed by atoms with Crippen molar-refractivity contribution in [3.63, 3.8) is 0 Å². The summed E-state index contributed by atoms with van der Waals surface area (Å²) in [7, 11) is 0. The van der Waals surface area contributed by atoms with Crippen LogP contribution >= 0.6 is 11.6 Å². The Morgan fingerprint density at radius 1 is 1.15 bits per heavy atom. The van der Waals surface area contributed by atoms with E-state index in [0.29, 0.717) is 11.4 Å². The van der Waals surface area contributed by atoms with Crippen LogP contribution < -0.4 is 5.73 Å². The highest BCUT2D eigenvalue weighted by atomic mass is 35.5. The van der Waals surface area contributed by atoms with Gasteiger partial charge in [-0.1, -0.05) is 35.9 Å². The summed E-state index contributed by atoms with van der Waals surface area (Å²) in [5.74, 6) is 0.268. The third kappa shape index (κ3) is 2.44. The Kier molecular flexibility index (Phi) is 3.27. The van der Waals surface area contributed by atoms with Crippen LogP contribution in [0.2, 0.25) is 5.02 Å². The summed E-state index contributed by atoms with van der Waals surface area (Å²) in [6.45, 7) is 0. The largest absolute Gasteiger partial charge is 0.399 e. The van der Waals surface area contributed by atoms with Crippen molar-refractivity contribution in [1.82, 2.24) is 0 Å². The maximum Gasteiger partial charge on any atom is 0.147 e. The Bertz CT molecular complexity index is 644. The highest BCUT2D eigenvalue weighted by molar-refractivity contribution is 6.30. The van der Waals surface area contributed by atoms with Crippen molar-refractivity contribution in [2.24, 2.45) is 0 Å². The van der Waals surface area contributed by atoms with Gasteiger partial charge in [0.1, 0.15) is 5.78 Å². The molecule has 20 heavy (non-hydrogen) atoms. The lowest BCUT2D eigenvalue weighted by molar-refractivity contribution is -0.120. The van der Waals surface area contributed by atoms with Crippen LogP contribution in [0.5, 0.6) is 0 Å². The van der Waals surface area contributed by atoms with Crippen molar-refractivity contribution in [2.75, 3.05) is 5.73 Å². The van der Waals surface area contributed by atoms with Gasteiger partial charge in [0.15, 0.2) is 0 Å². The van der Waals surface area contributed by atoms with Gasteiger partial charge in [-0.2, -0.15) is 0 Å². The zero-order chi connectivity index (χ0) is 14.2. The predicted octanol–water partition coefficient (Wildman–Crippen LogP) is 3.77. The maximum atomic E-state index is 12.6. The average Bonchev–Trinajstić information content (AvgIpc) is 3.21. The van der Waals surface area contributed by atoms with Gasteiger partial charge in [0.25, 0.3) is 0 Å². The number of hydrogen-bond donors (Lipinski definition) is 1. The van der Waals surface area contributed by atoms with Crippen LogP contribution in [0.3, 0.4) is 0 Å². The SMILES string of the molecule is Nc1ccc(C2(C(=O)Cc3cccc(Cl)c3)CC2)cc1. The maximum absolute atomic E-state index is 12.6. The molecule has 1 aliphatic carbocycles. The second kappa shape index (κ2) is 4.95. The van der Waals surface area contributed by atoms with Crippen LogP contribution in [0.4, 0.5) is 5.69 Å². The predicted molar refractivity (Wildman–Crippen MR) is 81.9 cm³/mol. The third-order valence-electron chi connectivity index (χ3n) is 4.00.